The molecule has 2 bridgehead atoms. The number of rotatable bonds is 2. The molecule has 3 aliphatic heterocycles. The molecule has 4 nitrogen and oxygen atoms in total. The maximum atomic E-state index is 11.4. The molecule has 2 unspecified atom stereocenters. The number of carbonyl (C=O) groups is 1. The highest BCUT2D eigenvalue weighted by molar-refractivity contribution is 5.79. The third kappa shape index (κ3) is 1.11. The van der Waals surface area contributed by atoms with Crippen molar-refractivity contribution in [1.82, 2.24) is 10.2 Å². The third-order valence-corrected chi connectivity index (χ3v) is 2.65. The van der Waals surface area contributed by atoms with E-state index in [2.05, 4.69) is 5.32 Å². The number of hydrogen-bond donors (Lipinski definition) is 1. The minimum absolute atomic E-state index is 0.139. The van der Waals surface area contributed by atoms with Crippen LogP contribution in [0.4, 0.5) is 0 Å². The topological polar surface area (TPSA) is 41.6 Å². The Morgan fingerprint density at radius 1 is 1.58 bits per heavy atom. The van der Waals surface area contributed by atoms with Crippen molar-refractivity contribution in [3.8, 4) is 0 Å². The largest absolute Gasteiger partial charge is 0.375 e. The number of fused-ring (bicyclic) bond motifs is 2. The molecule has 0 saturated carbocycles. The zero-order chi connectivity index (χ0) is 8.55. The van der Waals surface area contributed by atoms with E-state index >= 15 is 0 Å². The van der Waals surface area contributed by atoms with Gasteiger partial charge in [0.1, 0.15) is 6.61 Å². The van der Waals surface area contributed by atoms with Crippen LogP contribution in [-0.2, 0) is 9.53 Å². The van der Waals surface area contributed by atoms with Gasteiger partial charge < -0.3 is 15.0 Å². The second kappa shape index (κ2) is 3.03. The fraction of sp³-hybridized carbons (Fsp3) is 0.875. The van der Waals surface area contributed by atoms with Gasteiger partial charge in [-0.05, 0) is 6.42 Å². The molecule has 0 aromatic rings. The van der Waals surface area contributed by atoms with Crippen molar-refractivity contribution in [2.45, 2.75) is 18.5 Å². The van der Waals surface area contributed by atoms with Crippen LogP contribution in [0.1, 0.15) is 6.42 Å². The Hall–Kier alpha value is -0.610. The minimum Gasteiger partial charge on any atom is -0.375 e. The highest BCUT2D eigenvalue weighted by atomic mass is 16.5. The Morgan fingerprint density at radius 2 is 2.25 bits per heavy atom. The molecule has 1 amide bonds. The van der Waals surface area contributed by atoms with Gasteiger partial charge >= 0.3 is 0 Å². The summed E-state index contributed by atoms with van der Waals surface area (Å²) in [5, 5.41) is 3.28. The molecule has 1 N–H and O–H groups in total. The van der Waals surface area contributed by atoms with Crippen molar-refractivity contribution in [2.75, 3.05) is 26.8 Å². The lowest BCUT2D eigenvalue weighted by molar-refractivity contribution is -0.151. The zero-order valence-corrected chi connectivity index (χ0v) is 7.25. The molecule has 3 heterocycles. The summed E-state index contributed by atoms with van der Waals surface area (Å²) in [7, 11) is 1.56. The maximum absolute atomic E-state index is 11.4. The minimum atomic E-state index is 0.139. The predicted molar refractivity (Wildman–Crippen MR) is 43.8 cm³/mol. The SMILES string of the molecule is COCC(=O)N1C2CNCC1C2. The third-order valence-electron chi connectivity index (χ3n) is 2.65. The van der Waals surface area contributed by atoms with Gasteiger partial charge in [0.15, 0.2) is 0 Å². The van der Waals surface area contributed by atoms with Gasteiger partial charge in [-0.25, -0.2) is 0 Å². The molecule has 0 aromatic heterocycles. The molecular weight excluding hydrogens is 156 g/mol. The Labute approximate surface area is 71.9 Å². The Balaban J connectivity index is 1.92. The van der Waals surface area contributed by atoms with Gasteiger partial charge in [-0.1, -0.05) is 0 Å². The van der Waals surface area contributed by atoms with Crippen molar-refractivity contribution in [3.63, 3.8) is 0 Å². The predicted octanol–water partition coefficient (Wildman–Crippen LogP) is -0.794. The fourth-order valence-electron chi connectivity index (χ4n) is 2.09. The van der Waals surface area contributed by atoms with Crippen molar-refractivity contribution in [3.05, 3.63) is 0 Å². The molecule has 2 atom stereocenters. The smallest absolute Gasteiger partial charge is 0.249 e. The molecule has 0 radical (unpaired) electrons. The molecule has 0 aromatic carbocycles. The van der Waals surface area contributed by atoms with Gasteiger partial charge in [-0.3, -0.25) is 4.79 Å². The van der Waals surface area contributed by atoms with E-state index in [9.17, 15) is 4.79 Å². The Kier molecular flexibility index (Phi) is 2.02. The van der Waals surface area contributed by atoms with Crippen LogP contribution in [-0.4, -0.2) is 49.7 Å². The monoisotopic (exact) mass is 170 g/mol. The summed E-state index contributed by atoms with van der Waals surface area (Å²) in [4.78, 5) is 13.4. The van der Waals surface area contributed by atoms with E-state index in [0.717, 1.165) is 13.1 Å². The van der Waals surface area contributed by atoms with Crippen LogP contribution in [0.25, 0.3) is 0 Å². The summed E-state index contributed by atoms with van der Waals surface area (Å²) < 4.78 is 4.81. The molecule has 3 fully saturated rings. The lowest BCUT2D eigenvalue weighted by Gasteiger charge is -2.52. The summed E-state index contributed by atoms with van der Waals surface area (Å²) in [5.74, 6) is 0.139. The standard InChI is InChI=1S/C8H14N2O2/c1-12-5-8(11)10-6-2-7(10)4-9-3-6/h6-7,9H,2-5H2,1H3. The molecule has 4 heteroatoms. The lowest BCUT2D eigenvalue weighted by Crippen LogP contribution is -2.69. The summed E-state index contributed by atoms with van der Waals surface area (Å²) >= 11 is 0. The lowest BCUT2D eigenvalue weighted by atomic mass is 9.89. The molecule has 0 spiro atoms. The van der Waals surface area contributed by atoms with Crippen LogP contribution >= 0.6 is 0 Å². The fourth-order valence-corrected chi connectivity index (χ4v) is 2.09. The first-order valence-corrected chi connectivity index (χ1v) is 4.33. The summed E-state index contributed by atoms with van der Waals surface area (Å²) in [6, 6.07) is 0.873. The van der Waals surface area contributed by atoms with E-state index in [-0.39, 0.29) is 12.5 Å². The normalized spacial score (nSPS) is 32.9. The average molecular weight is 170 g/mol. The van der Waals surface area contributed by atoms with Crippen molar-refractivity contribution in [2.24, 2.45) is 0 Å². The number of piperazine rings is 1. The maximum Gasteiger partial charge on any atom is 0.249 e. The molecular formula is C8H14N2O2. The second-order valence-electron chi connectivity index (χ2n) is 3.44. The van der Waals surface area contributed by atoms with Crippen LogP contribution in [0.3, 0.4) is 0 Å². The van der Waals surface area contributed by atoms with Crippen molar-refractivity contribution < 1.29 is 9.53 Å². The number of carbonyl (C=O) groups excluding carboxylic acids is 1. The second-order valence-corrected chi connectivity index (χ2v) is 3.44. The number of hydrogen-bond acceptors (Lipinski definition) is 3. The van der Waals surface area contributed by atoms with E-state index in [1.165, 1.54) is 6.42 Å². The highest BCUT2D eigenvalue weighted by Gasteiger charge is 2.43. The van der Waals surface area contributed by atoms with E-state index < -0.39 is 0 Å². The van der Waals surface area contributed by atoms with Gasteiger partial charge in [0.2, 0.25) is 5.91 Å². The number of nitrogens with one attached hydrogen (secondary N) is 1. The van der Waals surface area contributed by atoms with Gasteiger partial charge in [-0.2, -0.15) is 0 Å². The van der Waals surface area contributed by atoms with Crippen molar-refractivity contribution >= 4 is 5.91 Å². The first-order chi connectivity index (χ1) is 5.83. The first kappa shape index (κ1) is 8.01. The van der Waals surface area contributed by atoms with Crippen LogP contribution < -0.4 is 5.32 Å². The number of methoxy groups -OCH3 is 1. The number of amides is 1. The number of ether oxygens (including phenoxy) is 1. The van der Waals surface area contributed by atoms with E-state index in [1.54, 1.807) is 7.11 Å². The molecule has 0 aliphatic carbocycles. The molecule has 3 aliphatic rings. The summed E-state index contributed by atoms with van der Waals surface area (Å²) in [6.07, 6.45) is 1.17. The zero-order valence-electron chi connectivity index (χ0n) is 7.25. The van der Waals surface area contributed by atoms with Crippen LogP contribution in [0, 0.1) is 0 Å². The Bertz CT molecular complexity index is 181. The van der Waals surface area contributed by atoms with Crippen LogP contribution in [0.2, 0.25) is 0 Å². The molecule has 68 valence electrons. The van der Waals surface area contributed by atoms with Gasteiger partial charge in [0, 0.05) is 32.3 Å². The molecule has 3 saturated heterocycles. The van der Waals surface area contributed by atoms with Gasteiger partial charge in [-0.15, -0.1) is 0 Å². The summed E-state index contributed by atoms with van der Waals surface area (Å²) in [5.41, 5.74) is 0. The first-order valence-electron chi connectivity index (χ1n) is 4.33. The summed E-state index contributed by atoms with van der Waals surface area (Å²) in [6.45, 7) is 2.13. The van der Waals surface area contributed by atoms with Gasteiger partial charge in [0.05, 0.1) is 0 Å². The Morgan fingerprint density at radius 3 is 2.75 bits per heavy atom. The van der Waals surface area contributed by atoms with E-state index in [1.807, 2.05) is 4.90 Å². The number of nitrogens with zero attached hydrogens (tertiary/aromatic N) is 1. The van der Waals surface area contributed by atoms with E-state index in [4.69, 9.17) is 4.74 Å². The average Bonchev–Trinajstić information content (AvgIpc) is 2.05. The highest BCUT2D eigenvalue weighted by Crippen LogP contribution is 2.28. The number of piperidine rings is 1. The van der Waals surface area contributed by atoms with Gasteiger partial charge in [0.25, 0.3) is 0 Å². The van der Waals surface area contributed by atoms with E-state index in [0.29, 0.717) is 12.1 Å². The molecule has 12 heavy (non-hydrogen) atoms. The quantitative estimate of drug-likeness (QED) is 0.590. The molecule has 3 rings (SSSR count). The van der Waals surface area contributed by atoms with Crippen LogP contribution in [0.15, 0.2) is 0 Å². The van der Waals surface area contributed by atoms with Crippen molar-refractivity contribution in [1.29, 1.82) is 0 Å². The van der Waals surface area contributed by atoms with Crippen LogP contribution in [0.5, 0.6) is 0 Å².